The highest BCUT2D eigenvalue weighted by atomic mass is 35.5. The van der Waals surface area contributed by atoms with Gasteiger partial charge in [-0.1, -0.05) is 29.8 Å². The maximum atomic E-state index is 13.0. The highest BCUT2D eigenvalue weighted by molar-refractivity contribution is 6.35. The first kappa shape index (κ1) is 18.9. The molecular formula is C21H19ClN2O3. The van der Waals surface area contributed by atoms with Crippen molar-refractivity contribution >= 4 is 23.4 Å². The van der Waals surface area contributed by atoms with Crippen molar-refractivity contribution in [3.63, 3.8) is 0 Å². The lowest BCUT2D eigenvalue weighted by molar-refractivity contribution is 0.0505. The van der Waals surface area contributed by atoms with Gasteiger partial charge in [0.25, 0.3) is 0 Å². The van der Waals surface area contributed by atoms with Gasteiger partial charge in [-0.15, -0.1) is 0 Å². The van der Waals surface area contributed by atoms with Crippen LogP contribution in [0.3, 0.4) is 0 Å². The number of aromatic amines is 1. The summed E-state index contributed by atoms with van der Waals surface area (Å²) in [6.45, 7) is 3.67. The first-order valence-electron chi connectivity index (χ1n) is 8.54. The summed E-state index contributed by atoms with van der Waals surface area (Å²) < 4.78 is 5.40. The number of nitrogens with zero attached hydrogens (tertiary/aromatic N) is 1. The minimum Gasteiger partial charge on any atom is -0.462 e. The summed E-state index contributed by atoms with van der Waals surface area (Å²) in [4.78, 5) is 32.9. The van der Waals surface area contributed by atoms with Crippen LogP contribution in [-0.2, 0) is 11.2 Å². The number of hydrogen-bond acceptors (Lipinski definition) is 4. The molecule has 0 atom stereocenters. The monoisotopic (exact) mass is 382 g/mol. The Bertz CT molecular complexity index is 980. The van der Waals surface area contributed by atoms with Gasteiger partial charge in [0.05, 0.1) is 22.8 Å². The molecule has 2 heterocycles. The highest BCUT2D eigenvalue weighted by Gasteiger charge is 2.27. The maximum Gasteiger partial charge on any atom is 0.340 e. The zero-order chi connectivity index (χ0) is 19.4. The number of ketones is 1. The number of benzene rings is 1. The van der Waals surface area contributed by atoms with Gasteiger partial charge in [0.15, 0.2) is 5.78 Å². The fourth-order valence-electron chi connectivity index (χ4n) is 2.97. The number of ether oxygens (including phenoxy) is 1. The Morgan fingerprint density at radius 1 is 1.04 bits per heavy atom. The van der Waals surface area contributed by atoms with E-state index in [2.05, 4.69) is 9.97 Å². The lowest BCUT2D eigenvalue weighted by Crippen LogP contribution is -2.14. The normalized spacial score (nSPS) is 10.6. The molecule has 0 spiro atoms. The van der Waals surface area contributed by atoms with Crippen molar-refractivity contribution < 1.29 is 14.3 Å². The number of pyridine rings is 1. The van der Waals surface area contributed by atoms with Crippen molar-refractivity contribution in [2.45, 2.75) is 20.3 Å². The molecule has 27 heavy (non-hydrogen) atoms. The van der Waals surface area contributed by atoms with Crippen molar-refractivity contribution in [3.05, 3.63) is 87.5 Å². The van der Waals surface area contributed by atoms with E-state index in [1.807, 2.05) is 18.2 Å². The Morgan fingerprint density at radius 3 is 2.44 bits per heavy atom. The summed E-state index contributed by atoms with van der Waals surface area (Å²) in [6.07, 6.45) is 2.19. The average Bonchev–Trinajstić information content (AvgIpc) is 2.96. The van der Waals surface area contributed by atoms with Crippen LogP contribution in [0.1, 0.15) is 43.4 Å². The lowest BCUT2D eigenvalue weighted by atomic mass is 9.99. The molecule has 0 unspecified atom stereocenters. The van der Waals surface area contributed by atoms with E-state index >= 15 is 0 Å². The minimum absolute atomic E-state index is 0.180. The number of nitrogens with one attached hydrogen (secondary N) is 1. The van der Waals surface area contributed by atoms with Crippen LogP contribution in [0.15, 0.2) is 48.7 Å². The molecule has 1 aromatic carbocycles. The van der Waals surface area contributed by atoms with Crippen LogP contribution in [0, 0.1) is 13.8 Å². The Hall–Kier alpha value is -2.92. The Kier molecular flexibility index (Phi) is 5.72. The molecule has 0 aliphatic carbocycles. The third kappa shape index (κ3) is 4.09. The third-order valence-corrected chi connectivity index (χ3v) is 4.57. The van der Waals surface area contributed by atoms with Crippen molar-refractivity contribution in [3.8, 4) is 0 Å². The molecule has 6 heteroatoms. The molecule has 0 radical (unpaired) electrons. The van der Waals surface area contributed by atoms with Gasteiger partial charge in [-0.25, -0.2) is 4.79 Å². The van der Waals surface area contributed by atoms with Crippen molar-refractivity contribution in [1.29, 1.82) is 0 Å². The standard InChI is InChI=1S/C21H19ClN2O3/c1-13-18(20(25)16-8-3-4-9-17(16)22)19(14(2)24-13)21(26)27-12-10-15-7-5-6-11-23-15/h3-9,11,24H,10,12H2,1-2H3. The van der Waals surface area contributed by atoms with Gasteiger partial charge < -0.3 is 9.72 Å². The quantitative estimate of drug-likeness (QED) is 0.509. The number of halogens is 1. The second kappa shape index (κ2) is 8.18. The summed E-state index contributed by atoms with van der Waals surface area (Å²) in [5.41, 5.74) is 2.92. The Morgan fingerprint density at radius 2 is 1.74 bits per heavy atom. The van der Waals surface area contributed by atoms with E-state index in [9.17, 15) is 9.59 Å². The second-order valence-corrected chi connectivity index (χ2v) is 6.55. The van der Waals surface area contributed by atoms with E-state index in [0.717, 1.165) is 5.69 Å². The van der Waals surface area contributed by atoms with Crippen LogP contribution >= 0.6 is 11.6 Å². The molecular weight excluding hydrogens is 364 g/mol. The molecule has 1 N–H and O–H groups in total. The zero-order valence-corrected chi connectivity index (χ0v) is 15.8. The fraction of sp³-hybridized carbons (Fsp3) is 0.190. The topological polar surface area (TPSA) is 72.0 Å². The van der Waals surface area contributed by atoms with Crippen LogP contribution in [0.2, 0.25) is 5.02 Å². The highest BCUT2D eigenvalue weighted by Crippen LogP contribution is 2.26. The molecule has 0 amide bonds. The average molecular weight is 383 g/mol. The van der Waals surface area contributed by atoms with Crippen LogP contribution in [0.25, 0.3) is 0 Å². The summed E-state index contributed by atoms with van der Waals surface area (Å²) in [5.74, 6) is -0.845. The Balaban J connectivity index is 1.82. The second-order valence-electron chi connectivity index (χ2n) is 6.14. The molecule has 0 saturated carbocycles. The van der Waals surface area contributed by atoms with Gasteiger partial charge in [0.1, 0.15) is 0 Å². The molecule has 138 valence electrons. The summed E-state index contributed by atoms with van der Waals surface area (Å²) in [7, 11) is 0. The van der Waals surface area contributed by atoms with Crippen molar-refractivity contribution in [2.24, 2.45) is 0 Å². The smallest absolute Gasteiger partial charge is 0.340 e. The van der Waals surface area contributed by atoms with Crippen molar-refractivity contribution in [1.82, 2.24) is 9.97 Å². The molecule has 2 aromatic heterocycles. The number of hydrogen-bond donors (Lipinski definition) is 1. The number of aryl methyl sites for hydroxylation is 2. The van der Waals surface area contributed by atoms with Gasteiger partial charge in [0, 0.05) is 35.3 Å². The predicted octanol–water partition coefficient (Wildman–Crippen LogP) is 4.31. The Labute approximate surface area is 162 Å². The number of aromatic nitrogens is 2. The largest absolute Gasteiger partial charge is 0.462 e. The van der Waals surface area contributed by atoms with E-state index in [1.165, 1.54) is 0 Å². The maximum absolute atomic E-state index is 13.0. The van der Waals surface area contributed by atoms with E-state index in [0.29, 0.717) is 34.0 Å². The fourth-order valence-corrected chi connectivity index (χ4v) is 3.19. The summed E-state index contributed by atoms with van der Waals surface area (Å²) >= 11 is 6.16. The summed E-state index contributed by atoms with van der Waals surface area (Å²) in [6, 6.07) is 12.3. The van der Waals surface area contributed by atoms with Crippen molar-refractivity contribution in [2.75, 3.05) is 6.61 Å². The first-order chi connectivity index (χ1) is 13.0. The summed E-state index contributed by atoms with van der Waals surface area (Å²) in [5, 5.41) is 0.343. The predicted molar refractivity (Wildman–Crippen MR) is 103 cm³/mol. The third-order valence-electron chi connectivity index (χ3n) is 4.24. The van der Waals surface area contributed by atoms with Gasteiger partial charge in [0.2, 0.25) is 0 Å². The van der Waals surface area contributed by atoms with Gasteiger partial charge >= 0.3 is 5.97 Å². The zero-order valence-electron chi connectivity index (χ0n) is 15.1. The minimum atomic E-state index is -0.539. The number of carbonyl (C=O) groups excluding carboxylic acids is 2. The first-order valence-corrected chi connectivity index (χ1v) is 8.92. The molecule has 0 aliphatic heterocycles. The van der Waals surface area contributed by atoms with E-state index in [4.69, 9.17) is 16.3 Å². The van der Waals surface area contributed by atoms with E-state index < -0.39 is 5.97 Å². The molecule has 0 aliphatic rings. The number of H-pyrrole nitrogens is 1. The van der Waals surface area contributed by atoms with Gasteiger partial charge in [-0.05, 0) is 38.1 Å². The van der Waals surface area contributed by atoms with Gasteiger partial charge in [-0.2, -0.15) is 0 Å². The van der Waals surface area contributed by atoms with Crippen LogP contribution in [0.5, 0.6) is 0 Å². The van der Waals surface area contributed by atoms with Gasteiger partial charge in [-0.3, -0.25) is 9.78 Å². The van der Waals surface area contributed by atoms with E-state index in [1.54, 1.807) is 44.3 Å². The molecule has 3 rings (SSSR count). The van der Waals surface area contributed by atoms with Crippen LogP contribution in [0.4, 0.5) is 0 Å². The van der Waals surface area contributed by atoms with Crippen LogP contribution < -0.4 is 0 Å². The number of carbonyl (C=O) groups is 2. The number of esters is 1. The molecule has 0 bridgehead atoms. The molecule has 5 nitrogen and oxygen atoms in total. The SMILES string of the molecule is Cc1[nH]c(C)c(C(=O)c2ccccc2Cl)c1C(=O)OCCc1ccccn1. The van der Waals surface area contributed by atoms with E-state index in [-0.39, 0.29) is 18.0 Å². The molecule has 3 aromatic rings. The molecule has 0 fully saturated rings. The number of rotatable bonds is 6. The van der Waals surface area contributed by atoms with Crippen LogP contribution in [-0.4, -0.2) is 28.3 Å². The molecule has 0 saturated heterocycles. The lowest BCUT2D eigenvalue weighted by Gasteiger charge is -2.08.